The minimum atomic E-state index is -3.47. The molecule has 0 saturated heterocycles. The molecule has 0 bridgehead atoms. The van der Waals surface area contributed by atoms with E-state index in [0.717, 1.165) is 0 Å². The van der Waals surface area contributed by atoms with Gasteiger partial charge in [-0.2, -0.15) is 4.39 Å². The molecular formula is C18H4F12O2S. The Kier molecular flexibility index (Phi) is 7.77. The summed E-state index contributed by atoms with van der Waals surface area (Å²) in [4.78, 5) is 11.6. The third kappa shape index (κ3) is 4.82. The monoisotopic (exact) mass is 512 g/mol. The average Bonchev–Trinajstić information content (AvgIpc) is 2.78. The zero-order valence-electron chi connectivity index (χ0n) is 15.1. The molecule has 0 radical (unpaired) electrons. The highest BCUT2D eigenvalue weighted by Gasteiger charge is 2.31. The van der Waals surface area contributed by atoms with E-state index in [4.69, 9.17) is 0 Å². The second-order valence-electron chi connectivity index (χ2n) is 5.81. The molecule has 2 aromatic rings. The van der Waals surface area contributed by atoms with Gasteiger partial charge in [-0.15, -0.1) is 0 Å². The molecule has 0 N–H and O–H groups in total. The molecule has 2 rings (SSSR count). The predicted molar refractivity (Wildman–Crippen MR) is 88.7 cm³/mol. The molecule has 0 amide bonds. The van der Waals surface area contributed by atoms with Gasteiger partial charge in [0.05, 0.1) is 27.7 Å². The molecule has 15 heteroatoms. The van der Waals surface area contributed by atoms with Crippen molar-refractivity contribution < 1.29 is 61.7 Å². The summed E-state index contributed by atoms with van der Waals surface area (Å²) in [7, 11) is -3.47. The Morgan fingerprint density at radius 3 is 1.42 bits per heavy atom. The number of ketones is 1. The number of halogens is 12. The minimum absolute atomic E-state index is 0.0256. The lowest BCUT2D eigenvalue weighted by Gasteiger charge is -2.07. The Morgan fingerprint density at radius 2 is 1.00 bits per heavy atom. The van der Waals surface area contributed by atoms with Crippen molar-refractivity contribution in [2.45, 2.75) is 0 Å². The SMILES string of the molecule is O=C(/C=C/c1c(F)c(F)c(F)c(F)c1F)CS(=O)/C(F)=C(\F)c1c(F)c(F)c(F)c(F)c1F. The van der Waals surface area contributed by atoms with Gasteiger partial charge in [0, 0.05) is 0 Å². The number of rotatable bonds is 6. The van der Waals surface area contributed by atoms with Crippen molar-refractivity contribution in [3.63, 3.8) is 0 Å². The van der Waals surface area contributed by atoms with Crippen molar-refractivity contribution in [2.75, 3.05) is 5.75 Å². The number of hydrogen-bond acceptors (Lipinski definition) is 2. The first-order chi connectivity index (χ1) is 15.2. The van der Waals surface area contributed by atoms with Gasteiger partial charge < -0.3 is 0 Å². The first-order valence-electron chi connectivity index (χ1n) is 7.90. The Labute approximate surface area is 177 Å². The quantitative estimate of drug-likeness (QED) is 0.216. The van der Waals surface area contributed by atoms with E-state index >= 15 is 0 Å². The van der Waals surface area contributed by atoms with E-state index in [1.807, 2.05) is 0 Å². The number of benzene rings is 2. The first kappa shape index (κ1) is 26.2. The number of carbonyl (C=O) groups is 1. The largest absolute Gasteiger partial charge is 0.294 e. The zero-order valence-corrected chi connectivity index (χ0v) is 15.9. The lowest BCUT2D eigenvalue weighted by molar-refractivity contribution is -0.112. The van der Waals surface area contributed by atoms with Gasteiger partial charge in [0.25, 0.3) is 0 Å². The van der Waals surface area contributed by atoms with E-state index in [-0.39, 0.29) is 12.2 Å². The number of allylic oxidation sites excluding steroid dienone is 1. The second-order valence-corrected chi connectivity index (χ2v) is 7.14. The normalized spacial score (nSPS) is 13.5. The van der Waals surface area contributed by atoms with Gasteiger partial charge >= 0.3 is 0 Å². The van der Waals surface area contributed by atoms with Crippen molar-refractivity contribution in [3.8, 4) is 0 Å². The summed E-state index contributed by atoms with van der Waals surface area (Å²) in [5, 5.41) is -2.64. The van der Waals surface area contributed by atoms with Crippen LogP contribution < -0.4 is 0 Å². The molecule has 0 aromatic heterocycles. The number of carbonyl (C=O) groups excluding carboxylic acids is 1. The van der Waals surface area contributed by atoms with Gasteiger partial charge in [-0.05, 0) is 12.2 Å². The number of hydrogen-bond donors (Lipinski definition) is 0. The summed E-state index contributed by atoms with van der Waals surface area (Å²) in [6.45, 7) is 0. The maximum atomic E-state index is 14.0. The first-order valence-corrected chi connectivity index (χ1v) is 9.21. The summed E-state index contributed by atoms with van der Waals surface area (Å²) in [6, 6.07) is 0. The fourth-order valence-corrected chi connectivity index (χ4v) is 2.96. The molecule has 1 atom stereocenters. The summed E-state index contributed by atoms with van der Waals surface area (Å²) in [5.74, 6) is -31.6. The Morgan fingerprint density at radius 1 is 0.636 bits per heavy atom. The molecule has 0 aliphatic heterocycles. The molecular weight excluding hydrogens is 508 g/mol. The lowest BCUT2D eigenvalue weighted by Crippen LogP contribution is -2.11. The van der Waals surface area contributed by atoms with Crippen LogP contribution in [0.3, 0.4) is 0 Å². The van der Waals surface area contributed by atoms with Crippen molar-refractivity contribution >= 4 is 28.5 Å². The molecule has 2 nitrogen and oxygen atoms in total. The van der Waals surface area contributed by atoms with Crippen molar-refractivity contribution in [1.82, 2.24) is 0 Å². The Bertz CT molecular complexity index is 1190. The smallest absolute Gasteiger partial charge is 0.223 e. The van der Waals surface area contributed by atoms with E-state index in [0.29, 0.717) is 0 Å². The standard InChI is InChI=1S/C18H4F12O2S/c19-7-5(8(20)13(25)16(28)12(7)24)2-1-4(31)3-33(32)18(30)11(23)6-9(21)14(26)17(29)15(27)10(6)22/h1-2H,3H2/b2-1+,18-11-. The van der Waals surface area contributed by atoms with Gasteiger partial charge in [-0.1, -0.05) is 0 Å². The van der Waals surface area contributed by atoms with Crippen LogP contribution in [0.25, 0.3) is 11.9 Å². The van der Waals surface area contributed by atoms with Crippen LogP contribution in [0.2, 0.25) is 0 Å². The molecule has 0 aliphatic carbocycles. The molecule has 178 valence electrons. The lowest BCUT2D eigenvalue weighted by atomic mass is 10.1. The van der Waals surface area contributed by atoms with Gasteiger partial charge in [0.15, 0.2) is 58.1 Å². The van der Waals surface area contributed by atoms with Gasteiger partial charge in [0.2, 0.25) is 16.8 Å². The van der Waals surface area contributed by atoms with Crippen LogP contribution in [0, 0.1) is 58.2 Å². The maximum absolute atomic E-state index is 14.0. The summed E-state index contributed by atoms with van der Waals surface area (Å²) in [6.07, 6.45) is 0.0810. The van der Waals surface area contributed by atoms with Gasteiger partial charge in [-0.3, -0.25) is 9.00 Å². The third-order valence-electron chi connectivity index (χ3n) is 3.75. The van der Waals surface area contributed by atoms with Crippen LogP contribution in [0.4, 0.5) is 52.7 Å². The maximum Gasteiger partial charge on any atom is 0.223 e. The van der Waals surface area contributed by atoms with Crippen LogP contribution >= 0.6 is 0 Å². The topological polar surface area (TPSA) is 34.1 Å². The summed E-state index contributed by atoms with van der Waals surface area (Å²) < 4.78 is 172. The molecule has 1 unspecified atom stereocenters. The predicted octanol–water partition coefficient (Wildman–Crippen LogP) is 5.67. The highest BCUT2D eigenvalue weighted by Crippen LogP contribution is 2.32. The highest BCUT2D eigenvalue weighted by molar-refractivity contribution is 7.89. The van der Waals surface area contributed by atoms with Gasteiger partial charge in [-0.25, -0.2) is 48.3 Å². The van der Waals surface area contributed by atoms with Crippen LogP contribution in [0.1, 0.15) is 11.1 Å². The van der Waals surface area contributed by atoms with Crippen molar-refractivity contribution in [2.24, 2.45) is 0 Å². The second kappa shape index (κ2) is 9.80. The van der Waals surface area contributed by atoms with Crippen LogP contribution in [0.5, 0.6) is 0 Å². The third-order valence-corrected chi connectivity index (χ3v) is 4.88. The van der Waals surface area contributed by atoms with E-state index in [1.54, 1.807) is 0 Å². The Hall–Kier alpha value is -3.10. The molecule has 33 heavy (non-hydrogen) atoms. The van der Waals surface area contributed by atoms with E-state index in [1.165, 1.54) is 0 Å². The fourth-order valence-electron chi connectivity index (χ4n) is 2.18. The molecule has 2 aromatic carbocycles. The van der Waals surface area contributed by atoms with Crippen molar-refractivity contribution in [3.05, 3.63) is 80.5 Å². The van der Waals surface area contributed by atoms with Crippen molar-refractivity contribution in [1.29, 1.82) is 0 Å². The average molecular weight is 512 g/mol. The molecule has 0 heterocycles. The molecule has 0 saturated carbocycles. The van der Waals surface area contributed by atoms with E-state index in [9.17, 15) is 61.7 Å². The minimum Gasteiger partial charge on any atom is -0.294 e. The van der Waals surface area contributed by atoms with Crippen LogP contribution in [-0.2, 0) is 15.6 Å². The molecule has 0 aliphatic rings. The van der Waals surface area contributed by atoms with Gasteiger partial charge in [0.1, 0.15) is 0 Å². The summed E-state index contributed by atoms with van der Waals surface area (Å²) >= 11 is 0. The van der Waals surface area contributed by atoms with Crippen LogP contribution in [0.15, 0.2) is 11.2 Å². The van der Waals surface area contributed by atoms with E-state index in [2.05, 4.69) is 0 Å². The molecule has 0 spiro atoms. The zero-order chi connectivity index (χ0) is 25.4. The van der Waals surface area contributed by atoms with E-state index < -0.39 is 103 Å². The highest BCUT2D eigenvalue weighted by atomic mass is 32.2. The Balaban J connectivity index is 2.35. The van der Waals surface area contributed by atoms with Crippen LogP contribution in [-0.4, -0.2) is 15.7 Å². The summed E-state index contributed by atoms with van der Waals surface area (Å²) in [5.41, 5.74) is -4.03. The fraction of sp³-hybridized carbons (Fsp3) is 0.0556. The molecule has 0 fully saturated rings.